The summed E-state index contributed by atoms with van der Waals surface area (Å²) in [6.45, 7) is 3.90. The maximum absolute atomic E-state index is 12.2. The van der Waals surface area contributed by atoms with Gasteiger partial charge in [0.2, 0.25) is 0 Å². The van der Waals surface area contributed by atoms with E-state index >= 15 is 0 Å². The normalized spacial score (nSPS) is 26.4. The Bertz CT molecular complexity index is 480. The maximum Gasteiger partial charge on any atom is 0.387 e. The van der Waals surface area contributed by atoms with Crippen molar-refractivity contribution in [3.8, 4) is 5.75 Å². The number of ether oxygens (including phenoxy) is 1. The van der Waals surface area contributed by atoms with Crippen LogP contribution in [0.1, 0.15) is 31.7 Å². The van der Waals surface area contributed by atoms with Crippen LogP contribution in [0.4, 0.5) is 8.78 Å². The van der Waals surface area contributed by atoms with Crippen molar-refractivity contribution in [2.45, 2.75) is 51.4 Å². The van der Waals surface area contributed by atoms with Crippen molar-refractivity contribution in [3.63, 3.8) is 0 Å². The molecular formula is C17H24F2N2O. The average molecular weight is 310 g/mol. The number of halogens is 2. The van der Waals surface area contributed by atoms with Crippen molar-refractivity contribution in [3.05, 3.63) is 29.8 Å². The molecule has 0 radical (unpaired) electrons. The summed E-state index contributed by atoms with van der Waals surface area (Å²) in [5, 5.41) is 0. The van der Waals surface area contributed by atoms with E-state index in [0.29, 0.717) is 12.1 Å². The van der Waals surface area contributed by atoms with Crippen LogP contribution in [-0.4, -0.2) is 48.1 Å². The molecule has 2 heterocycles. The molecule has 22 heavy (non-hydrogen) atoms. The van der Waals surface area contributed by atoms with Crippen molar-refractivity contribution in [2.24, 2.45) is 0 Å². The zero-order valence-corrected chi connectivity index (χ0v) is 13.0. The van der Waals surface area contributed by atoms with E-state index in [4.69, 9.17) is 0 Å². The van der Waals surface area contributed by atoms with Gasteiger partial charge in [-0.3, -0.25) is 9.80 Å². The van der Waals surface area contributed by atoms with E-state index in [0.717, 1.165) is 31.6 Å². The Kier molecular flexibility index (Phi) is 4.93. The molecule has 2 fully saturated rings. The minimum absolute atomic E-state index is 0.228. The lowest BCUT2D eigenvalue weighted by molar-refractivity contribution is -0.0498. The SMILES string of the molecule is CC[C@@H]1CN2CCC[C@@H]2CN1Cc1ccc(OC(F)F)cc1. The molecule has 0 aromatic heterocycles. The number of hydrogen-bond donors (Lipinski definition) is 0. The average Bonchev–Trinajstić information content (AvgIpc) is 2.95. The van der Waals surface area contributed by atoms with Crippen LogP contribution < -0.4 is 4.74 Å². The van der Waals surface area contributed by atoms with E-state index in [1.54, 1.807) is 12.1 Å². The van der Waals surface area contributed by atoms with E-state index in [1.165, 1.54) is 19.4 Å². The number of fused-ring (bicyclic) bond motifs is 1. The Morgan fingerprint density at radius 3 is 2.68 bits per heavy atom. The molecule has 0 bridgehead atoms. The molecule has 0 amide bonds. The van der Waals surface area contributed by atoms with Gasteiger partial charge in [-0.2, -0.15) is 8.78 Å². The molecule has 0 unspecified atom stereocenters. The van der Waals surface area contributed by atoms with Crippen LogP contribution in [0, 0.1) is 0 Å². The third-order valence-corrected chi connectivity index (χ3v) is 4.91. The Labute approximate surface area is 130 Å². The zero-order valence-electron chi connectivity index (χ0n) is 13.0. The fourth-order valence-electron chi connectivity index (χ4n) is 3.74. The maximum atomic E-state index is 12.2. The van der Waals surface area contributed by atoms with Crippen LogP contribution in [0.15, 0.2) is 24.3 Å². The number of alkyl halides is 2. The largest absolute Gasteiger partial charge is 0.435 e. The second-order valence-corrected chi connectivity index (χ2v) is 6.30. The summed E-state index contributed by atoms with van der Waals surface area (Å²) < 4.78 is 28.8. The molecule has 2 aliphatic heterocycles. The Hall–Kier alpha value is -1.20. The highest BCUT2D eigenvalue weighted by Gasteiger charge is 2.35. The van der Waals surface area contributed by atoms with Crippen molar-refractivity contribution in [2.75, 3.05) is 19.6 Å². The van der Waals surface area contributed by atoms with Gasteiger partial charge < -0.3 is 4.74 Å². The van der Waals surface area contributed by atoms with Gasteiger partial charge in [0.25, 0.3) is 0 Å². The van der Waals surface area contributed by atoms with Gasteiger partial charge in [-0.25, -0.2) is 0 Å². The Morgan fingerprint density at radius 2 is 2.00 bits per heavy atom. The van der Waals surface area contributed by atoms with Gasteiger partial charge in [-0.15, -0.1) is 0 Å². The smallest absolute Gasteiger partial charge is 0.387 e. The van der Waals surface area contributed by atoms with Crippen LogP contribution in [0.3, 0.4) is 0 Å². The summed E-state index contributed by atoms with van der Waals surface area (Å²) in [5.41, 5.74) is 1.16. The summed E-state index contributed by atoms with van der Waals surface area (Å²) in [7, 11) is 0. The topological polar surface area (TPSA) is 15.7 Å². The molecule has 2 atom stereocenters. The molecule has 2 aliphatic rings. The van der Waals surface area contributed by atoms with Crippen LogP contribution >= 0.6 is 0 Å². The van der Waals surface area contributed by atoms with Gasteiger partial charge in [0, 0.05) is 31.7 Å². The number of piperazine rings is 1. The molecule has 0 saturated carbocycles. The number of rotatable bonds is 5. The number of hydrogen-bond acceptors (Lipinski definition) is 3. The van der Waals surface area contributed by atoms with Crippen molar-refractivity contribution in [1.29, 1.82) is 0 Å². The van der Waals surface area contributed by atoms with Crippen LogP contribution in [0.25, 0.3) is 0 Å². The van der Waals surface area contributed by atoms with E-state index in [-0.39, 0.29) is 5.75 Å². The summed E-state index contributed by atoms with van der Waals surface area (Å²) in [4.78, 5) is 5.18. The Balaban J connectivity index is 1.63. The molecule has 5 heteroatoms. The highest BCUT2D eigenvalue weighted by atomic mass is 19.3. The molecule has 0 spiro atoms. The summed E-state index contributed by atoms with van der Waals surface area (Å²) in [6, 6.07) is 8.34. The first-order valence-electron chi connectivity index (χ1n) is 8.17. The van der Waals surface area contributed by atoms with E-state index in [9.17, 15) is 8.78 Å². The predicted molar refractivity (Wildman–Crippen MR) is 82.2 cm³/mol. The lowest BCUT2D eigenvalue weighted by atomic mass is 10.0. The fourth-order valence-corrected chi connectivity index (χ4v) is 3.74. The molecule has 0 N–H and O–H groups in total. The van der Waals surface area contributed by atoms with Gasteiger partial charge in [0.05, 0.1) is 0 Å². The van der Waals surface area contributed by atoms with Crippen molar-refractivity contribution < 1.29 is 13.5 Å². The molecular weight excluding hydrogens is 286 g/mol. The van der Waals surface area contributed by atoms with Gasteiger partial charge in [0.1, 0.15) is 5.75 Å². The van der Waals surface area contributed by atoms with Crippen molar-refractivity contribution >= 4 is 0 Å². The van der Waals surface area contributed by atoms with E-state index in [2.05, 4.69) is 21.5 Å². The van der Waals surface area contributed by atoms with Gasteiger partial charge >= 0.3 is 6.61 Å². The predicted octanol–water partition coefficient (Wildman–Crippen LogP) is 3.35. The highest BCUT2D eigenvalue weighted by molar-refractivity contribution is 5.27. The van der Waals surface area contributed by atoms with E-state index in [1.807, 2.05) is 12.1 Å². The lowest BCUT2D eigenvalue weighted by Crippen LogP contribution is -2.55. The first-order chi connectivity index (χ1) is 10.7. The van der Waals surface area contributed by atoms with E-state index < -0.39 is 6.61 Å². The quantitative estimate of drug-likeness (QED) is 0.829. The molecule has 3 nitrogen and oxygen atoms in total. The highest BCUT2D eigenvalue weighted by Crippen LogP contribution is 2.27. The van der Waals surface area contributed by atoms with Crippen LogP contribution in [0.5, 0.6) is 5.75 Å². The third-order valence-electron chi connectivity index (χ3n) is 4.91. The van der Waals surface area contributed by atoms with Gasteiger partial charge in [-0.05, 0) is 43.5 Å². The first-order valence-corrected chi connectivity index (χ1v) is 8.17. The summed E-state index contributed by atoms with van der Waals surface area (Å²) in [6.07, 6.45) is 3.76. The van der Waals surface area contributed by atoms with Crippen LogP contribution in [-0.2, 0) is 6.54 Å². The lowest BCUT2D eigenvalue weighted by Gasteiger charge is -2.43. The minimum Gasteiger partial charge on any atom is -0.435 e. The van der Waals surface area contributed by atoms with Gasteiger partial charge in [0.15, 0.2) is 0 Å². The Morgan fingerprint density at radius 1 is 1.23 bits per heavy atom. The monoisotopic (exact) mass is 310 g/mol. The molecule has 3 rings (SSSR count). The number of benzene rings is 1. The molecule has 1 aromatic carbocycles. The zero-order chi connectivity index (χ0) is 15.5. The molecule has 2 saturated heterocycles. The number of nitrogens with zero attached hydrogens (tertiary/aromatic N) is 2. The first kappa shape index (κ1) is 15.7. The molecule has 1 aromatic rings. The van der Waals surface area contributed by atoms with Crippen molar-refractivity contribution in [1.82, 2.24) is 9.80 Å². The minimum atomic E-state index is -2.76. The standard InChI is InChI=1S/C17H24F2N2O/c1-2-14-11-20-9-3-4-15(20)12-21(14)10-13-5-7-16(8-6-13)22-17(18)19/h5-8,14-15,17H,2-4,9-12H2,1H3/t14-,15-/m1/s1. The fraction of sp³-hybridized carbons (Fsp3) is 0.647. The summed E-state index contributed by atoms with van der Waals surface area (Å²) >= 11 is 0. The molecule has 0 aliphatic carbocycles. The second kappa shape index (κ2) is 6.92. The molecule has 122 valence electrons. The summed E-state index contributed by atoms with van der Waals surface area (Å²) in [5.74, 6) is 0.228. The van der Waals surface area contributed by atoms with Crippen LogP contribution in [0.2, 0.25) is 0 Å². The second-order valence-electron chi connectivity index (χ2n) is 6.30. The van der Waals surface area contributed by atoms with Gasteiger partial charge in [-0.1, -0.05) is 19.1 Å². The third kappa shape index (κ3) is 3.58.